The molecule has 0 spiro atoms. The van der Waals surface area contributed by atoms with Crippen LogP contribution in [0.25, 0.3) is 10.8 Å². The highest BCUT2D eigenvalue weighted by Crippen LogP contribution is 2.33. The molecule has 1 aliphatic rings. The Labute approximate surface area is 92.1 Å². The average Bonchev–Trinajstić information content (AvgIpc) is 2.24. The van der Waals surface area contributed by atoms with Crippen LogP contribution in [0.1, 0.15) is 17.5 Å². The van der Waals surface area contributed by atoms with Crippen LogP contribution in [-0.4, -0.2) is 0 Å². The molecule has 0 radical (unpaired) electrons. The lowest BCUT2D eigenvalue weighted by atomic mass is 9.89. The van der Waals surface area contributed by atoms with Gasteiger partial charge in [0.2, 0.25) is 0 Å². The molecule has 0 saturated carbocycles. The third-order valence-electron chi connectivity index (χ3n) is 3.05. The number of benzene rings is 2. The molecule has 0 unspecified atom stereocenters. The zero-order valence-corrected chi connectivity index (χ0v) is 9.47. The lowest BCUT2D eigenvalue weighted by Gasteiger charge is -2.17. The first-order chi connectivity index (χ1) is 6.86. The van der Waals surface area contributed by atoms with Crippen LogP contribution in [-0.2, 0) is 12.8 Å². The number of hydrogen-bond donors (Lipinski definition) is 0. The standard InChI is InChI=1S/C13H11Br/c14-12-8-7-10-4-1-3-9-5-2-6-11(12)13(9)10/h2,5-8H,1,3-4H2. The van der Waals surface area contributed by atoms with E-state index >= 15 is 0 Å². The van der Waals surface area contributed by atoms with Gasteiger partial charge in [-0.05, 0) is 47.2 Å². The van der Waals surface area contributed by atoms with Crippen molar-refractivity contribution in [2.75, 3.05) is 0 Å². The molecule has 70 valence electrons. The molecule has 1 heteroatoms. The smallest absolute Gasteiger partial charge is 0.0254 e. The zero-order valence-electron chi connectivity index (χ0n) is 7.89. The second kappa shape index (κ2) is 3.09. The van der Waals surface area contributed by atoms with Crippen molar-refractivity contribution < 1.29 is 0 Å². The minimum atomic E-state index is 1.22. The van der Waals surface area contributed by atoms with Crippen LogP contribution in [0, 0.1) is 0 Å². The van der Waals surface area contributed by atoms with Gasteiger partial charge in [0.25, 0.3) is 0 Å². The van der Waals surface area contributed by atoms with E-state index in [2.05, 4.69) is 46.3 Å². The minimum absolute atomic E-state index is 1.22. The SMILES string of the molecule is Brc1ccc2c3c(cccc13)CCC2. The molecular formula is C13H11Br. The summed E-state index contributed by atoms with van der Waals surface area (Å²) in [6, 6.07) is 11.1. The van der Waals surface area contributed by atoms with E-state index in [1.165, 1.54) is 45.6 Å². The molecule has 0 N–H and O–H groups in total. The summed E-state index contributed by atoms with van der Waals surface area (Å²) < 4.78 is 1.22. The van der Waals surface area contributed by atoms with Crippen LogP contribution in [0.5, 0.6) is 0 Å². The monoisotopic (exact) mass is 246 g/mol. The molecule has 3 rings (SSSR count). The highest BCUT2D eigenvalue weighted by Gasteiger charge is 2.12. The van der Waals surface area contributed by atoms with E-state index in [1.54, 1.807) is 0 Å². The Bertz CT molecular complexity index is 490. The molecule has 1 aliphatic carbocycles. The largest absolute Gasteiger partial charge is 0.0613 e. The van der Waals surface area contributed by atoms with E-state index in [4.69, 9.17) is 0 Å². The molecule has 0 aliphatic heterocycles. The molecular weight excluding hydrogens is 236 g/mol. The lowest BCUT2D eigenvalue weighted by molar-refractivity contribution is 0.808. The van der Waals surface area contributed by atoms with Crippen LogP contribution < -0.4 is 0 Å². The molecule has 0 bridgehead atoms. The van der Waals surface area contributed by atoms with Gasteiger partial charge in [0.1, 0.15) is 0 Å². The first-order valence-electron chi connectivity index (χ1n) is 5.05. The van der Waals surface area contributed by atoms with Crippen molar-refractivity contribution in [3.05, 3.63) is 45.9 Å². The Morgan fingerprint density at radius 3 is 2.57 bits per heavy atom. The normalized spacial score (nSPS) is 14.6. The summed E-state index contributed by atoms with van der Waals surface area (Å²) in [6.07, 6.45) is 3.77. The third kappa shape index (κ3) is 1.12. The number of rotatable bonds is 0. The summed E-state index contributed by atoms with van der Waals surface area (Å²) in [5, 5.41) is 2.87. The van der Waals surface area contributed by atoms with Gasteiger partial charge in [0.15, 0.2) is 0 Å². The minimum Gasteiger partial charge on any atom is -0.0613 e. The molecule has 14 heavy (non-hydrogen) atoms. The Morgan fingerprint density at radius 2 is 1.71 bits per heavy atom. The third-order valence-corrected chi connectivity index (χ3v) is 3.74. The summed E-state index contributed by atoms with van der Waals surface area (Å²) in [6.45, 7) is 0. The topological polar surface area (TPSA) is 0 Å². The summed E-state index contributed by atoms with van der Waals surface area (Å²) in [5.74, 6) is 0. The lowest BCUT2D eigenvalue weighted by Crippen LogP contribution is -2.00. The fourth-order valence-corrected chi connectivity index (χ4v) is 2.87. The van der Waals surface area contributed by atoms with Crippen molar-refractivity contribution in [1.29, 1.82) is 0 Å². The zero-order chi connectivity index (χ0) is 9.54. The number of hydrogen-bond acceptors (Lipinski definition) is 0. The molecule has 0 heterocycles. The Kier molecular flexibility index (Phi) is 1.88. The van der Waals surface area contributed by atoms with Crippen molar-refractivity contribution in [3.8, 4) is 0 Å². The Morgan fingerprint density at radius 1 is 0.929 bits per heavy atom. The van der Waals surface area contributed by atoms with Gasteiger partial charge in [-0.15, -0.1) is 0 Å². The van der Waals surface area contributed by atoms with Gasteiger partial charge >= 0.3 is 0 Å². The van der Waals surface area contributed by atoms with Gasteiger partial charge in [-0.25, -0.2) is 0 Å². The number of halogens is 1. The molecule has 0 nitrogen and oxygen atoms in total. The number of aryl methyl sites for hydroxylation is 2. The van der Waals surface area contributed by atoms with Gasteiger partial charge in [-0.3, -0.25) is 0 Å². The Balaban J connectivity index is 2.51. The van der Waals surface area contributed by atoms with Gasteiger partial charge in [-0.1, -0.05) is 40.2 Å². The van der Waals surface area contributed by atoms with Crippen molar-refractivity contribution in [1.82, 2.24) is 0 Å². The van der Waals surface area contributed by atoms with Gasteiger partial charge in [0, 0.05) is 4.47 Å². The fraction of sp³-hybridized carbons (Fsp3) is 0.231. The van der Waals surface area contributed by atoms with Crippen LogP contribution in [0.4, 0.5) is 0 Å². The van der Waals surface area contributed by atoms with E-state index in [0.29, 0.717) is 0 Å². The molecule has 0 aromatic heterocycles. The predicted octanol–water partition coefficient (Wildman–Crippen LogP) is 4.09. The first kappa shape index (κ1) is 8.49. The molecule has 0 amide bonds. The van der Waals surface area contributed by atoms with Crippen molar-refractivity contribution in [3.63, 3.8) is 0 Å². The summed E-state index contributed by atoms with van der Waals surface area (Å²) >= 11 is 3.62. The van der Waals surface area contributed by atoms with E-state index in [0.717, 1.165) is 0 Å². The quantitative estimate of drug-likeness (QED) is 0.657. The molecule has 0 fully saturated rings. The van der Waals surface area contributed by atoms with Crippen molar-refractivity contribution in [2.24, 2.45) is 0 Å². The summed E-state index contributed by atoms with van der Waals surface area (Å²) in [4.78, 5) is 0. The van der Waals surface area contributed by atoms with Crippen LogP contribution in [0.2, 0.25) is 0 Å². The van der Waals surface area contributed by atoms with Gasteiger partial charge in [0.05, 0.1) is 0 Å². The van der Waals surface area contributed by atoms with Crippen LogP contribution in [0.3, 0.4) is 0 Å². The maximum Gasteiger partial charge on any atom is 0.0254 e. The highest BCUT2D eigenvalue weighted by molar-refractivity contribution is 9.10. The maximum atomic E-state index is 3.62. The molecule has 2 aromatic rings. The second-order valence-corrected chi connectivity index (χ2v) is 4.75. The van der Waals surface area contributed by atoms with E-state index in [1.807, 2.05) is 0 Å². The van der Waals surface area contributed by atoms with Crippen molar-refractivity contribution in [2.45, 2.75) is 19.3 Å². The molecule has 0 atom stereocenters. The van der Waals surface area contributed by atoms with Gasteiger partial charge in [-0.2, -0.15) is 0 Å². The van der Waals surface area contributed by atoms with Gasteiger partial charge < -0.3 is 0 Å². The van der Waals surface area contributed by atoms with E-state index in [9.17, 15) is 0 Å². The van der Waals surface area contributed by atoms with E-state index < -0.39 is 0 Å². The van der Waals surface area contributed by atoms with Crippen molar-refractivity contribution >= 4 is 26.7 Å². The first-order valence-corrected chi connectivity index (χ1v) is 5.84. The van der Waals surface area contributed by atoms with E-state index in [-0.39, 0.29) is 0 Å². The van der Waals surface area contributed by atoms with Crippen LogP contribution >= 0.6 is 15.9 Å². The predicted molar refractivity (Wildman–Crippen MR) is 63.7 cm³/mol. The average molecular weight is 247 g/mol. The molecule has 0 saturated heterocycles. The van der Waals surface area contributed by atoms with Crippen LogP contribution in [0.15, 0.2) is 34.8 Å². The maximum absolute atomic E-state index is 3.62. The Hall–Kier alpha value is -0.820. The summed E-state index contributed by atoms with van der Waals surface area (Å²) in [7, 11) is 0. The fourth-order valence-electron chi connectivity index (χ4n) is 2.41. The molecule has 2 aromatic carbocycles. The second-order valence-electron chi connectivity index (χ2n) is 3.90. The summed E-state index contributed by atoms with van der Waals surface area (Å²) in [5.41, 5.74) is 3.04. The highest BCUT2D eigenvalue weighted by atomic mass is 79.9.